The van der Waals surface area contributed by atoms with Crippen molar-refractivity contribution in [2.24, 2.45) is 0 Å². The number of hydrogen-bond donors (Lipinski definition) is 3. The molecule has 0 unspecified atom stereocenters. The van der Waals surface area contributed by atoms with E-state index in [1.807, 2.05) is 35.7 Å². The fourth-order valence-corrected chi connectivity index (χ4v) is 3.61. The maximum Gasteiger partial charge on any atom is 0.284 e. The summed E-state index contributed by atoms with van der Waals surface area (Å²) < 4.78 is 7.20. The number of nitrogens with zero attached hydrogens (tertiary/aromatic N) is 4. The Bertz CT molecular complexity index is 1170. The summed E-state index contributed by atoms with van der Waals surface area (Å²) in [6, 6.07) is 8.85. The first-order valence-corrected chi connectivity index (χ1v) is 9.08. The fourth-order valence-electron chi connectivity index (χ4n) is 2.82. The number of pyridine rings is 1. The minimum Gasteiger partial charge on any atom is -0.497 e. The molecule has 0 radical (unpaired) electrons. The molecule has 0 atom stereocenters. The molecule has 0 aromatic carbocycles. The van der Waals surface area contributed by atoms with E-state index in [1.165, 1.54) is 11.3 Å². The number of nitrogens with one attached hydrogen (secondary N) is 2. The number of anilines is 2. The molecule has 0 saturated heterocycles. The van der Waals surface area contributed by atoms with Crippen LogP contribution in [-0.2, 0) is 0 Å². The van der Waals surface area contributed by atoms with Gasteiger partial charge in [0.05, 0.1) is 34.1 Å². The largest absolute Gasteiger partial charge is 0.497 e. The van der Waals surface area contributed by atoms with Crippen LogP contribution in [0.3, 0.4) is 0 Å². The molecule has 4 heterocycles. The van der Waals surface area contributed by atoms with Crippen molar-refractivity contribution >= 4 is 33.8 Å². The van der Waals surface area contributed by atoms with Gasteiger partial charge in [0.2, 0.25) is 5.95 Å². The van der Waals surface area contributed by atoms with Crippen molar-refractivity contribution in [2.45, 2.75) is 6.92 Å². The number of carbonyl (C=O) groups is 1. The molecule has 0 aliphatic heterocycles. The molecule has 0 spiro atoms. The number of imidazole rings is 1. The van der Waals surface area contributed by atoms with Crippen molar-refractivity contribution in [1.29, 1.82) is 0 Å². The second-order valence-electron chi connectivity index (χ2n) is 5.84. The van der Waals surface area contributed by atoms with Crippen molar-refractivity contribution in [1.82, 2.24) is 24.8 Å². The van der Waals surface area contributed by atoms with Crippen LogP contribution >= 0.6 is 11.3 Å². The zero-order valence-electron chi connectivity index (χ0n) is 15.0. The lowest BCUT2D eigenvalue weighted by molar-refractivity contribution is 0.0711. The Morgan fingerprint density at radius 2 is 2.11 bits per heavy atom. The van der Waals surface area contributed by atoms with Gasteiger partial charge < -0.3 is 10.1 Å². The summed E-state index contributed by atoms with van der Waals surface area (Å²) in [6.07, 6.45) is 3.54. The number of hydroxylamine groups is 1. The molecule has 4 rings (SSSR count). The molecule has 3 N–H and O–H groups in total. The van der Waals surface area contributed by atoms with Gasteiger partial charge in [-0.25, -0.2) is 20.4 Å². The summed E-state index contributed by atoms with van der Waals surface area (Å²) in [6.45, 7) is 1.92. The highest BCUT2D eigenvalue weighted by molar-refractivity contribution is 7.18. The lowest BCUT2D eigenvalue weighted by atomic mass is 10.2. The third kappa shape index (κ3) is 3.26. The van der Waals surface area contributed by atoms with Gasteiger partial charge in [0, 0.05) is 18.5 Å². The van der Waals surface area contributed by atoms with Crippen LogP contribution in [0.1, 0.15) is 15.4 Å². The molecular weight excluding hydrogens is 380 g/mol. The summed E-state index contributed by atoms with van der Waals surface area (Å²) in [7, 11) is 1.62. The zero-order valence-corrected chi connectivity index (χ0v) is 15.8. The summed E-state index contributed by atoms with van der Waals surface area (Å²) in [4.78, 5) is 25.2. The highest BCUT2D eigenvalue weighted by atomic mass is 32.1. The van der Waals surface area contributed by atoms with Crippen LogP contribution in [-0.4, -0.2) is 37.6 Å². The van der Waals surface area contributed by atoms with E-state index in [0.29, 0.717) is 21.5 Å². The SMILES string of the molecule is COc1ccn2c(-c3ccnc(Nc4ccc(C(=O)NO)s4)n3)c(C)nc2c1. The lowest BCUT2D eigenvalue weighted by Crippen LogP contribution is -2.16. The Labute approximate surface area is 163 Å². The average Bonchev–Trinajstić information content (AvgIpc) is 3.30. The van der Waals surface area contributed by atoms with Crippen molar-refractivity contribution in [3.8, 4) is 17.1 Å². The van der Waals surface area contributed by atoms with Gasteiger partial charge in [-0.05, 0) is 31.2 Å². The third-order valence-corrected chi connectivity index (χ3v) is 5.07. The maximum absolute atomic E-state index is 11.5. The number of methoxy groups -OCH3 is 1. The predicted octanol–water partition coefficient (Wildman–Crippen LogP) is 3.03. The van der Waals surface area contributed by atoms with Crippen molar-refractivity contribution < 1.29 is 14.7 Å². The number of aryl methyl sites for hydroxylation is 1. The molecule has 0 fully saturated rings. The maximum atomic E-state index is 11.5. The minimum absolute atomic E-state index is 0.368. The topological polar surface area (TPSA) is 114 Å². The summed E-state index contributed by atoms with van der Waals surface area (Å²) in [5.41, 5.74) is 4.77. The number of rotatable bonds is 5. The monoisotopic (exact) mass is 396 g/mol. The van der Waals surface area contributed by atoms with Crippen LogP contribution in [0.15, 0.2) is 42.7 Å². The Morgan fingerprint density at radius 3 is 2.89 bits per heavy atom. The van der Waals surface area contributed by atoms with E-state index in [9.17, 15) is 4.79 Å². The molecule has 1 amide bonds. The number of hydrogen-bond acceptors (Lipinski definition) is 8. The second-order valence-corrected chi connectivity index (χ2v) is 6.92. The molecular formula is C18H16N6O3S. The van der Waals surface area contributed by atoms with Crippen LogP contribution in [0.25, 0.3) is 17.0 Å². The van der Waals surface area contributed by atoms with E-state index in [0.717, 1.165) is 22.8 Å². The molecule has 0 aliphatic carbocycles. The Kier molecular flexibility index (Phi) is 4.63. The molecule has 0 saturated carbocycles. The standard InChI is InChI=1S/C18H16N6O3S/c1-10-16(24-8-6-11(27-2)9-14(24)20-10)12-5-7-19-18(21-12)22-15-4-3-13(28-15)17(25)23-26/h3-9,26H,1-2H3,(H,23,25)(H,19,21,22). The van der Waals surface area contributed by atoms with Crippen LogP contribution < -0.4 is 15.5 Å². The zero-order chi connectivity index (χ0) is 19.7. The fraction of sp³-hybridized carbons (Fsp3) is 0.111. The van der Waals surface area contributed by atoms with Gasteiger partial charge in [-0.1, -0.05) is 0 Å². The molecule has 0 aliphatic rings. The summed E-state index contributed by atoms with van der Waals surface area (Å²) in [5, 5.41) is 12.5. The number of thiophene rings is 1. The quantitative estimate of drug-likeness (QED) is 0.351. The van der Waals surface area contributed by atoms with E-state index < -0.39 is 5.91 Å². The number of fused-ring (bicyclic) bond motifs is 1. The molecule has 4 aromatic rings. The van der Waals surface area contributed by atoms with E-state index in [1.54, 1.807) is 30.9 Å². The van der Waals surface area contributed by atoms with Gasteiger partial charge in [0.25, 0.3) is 5.91 Å². The predicted molar refractivity (Wildman–Crippen MR) is 104 cm³/mol. The normalized spacial score (nSPS) is 10.8. The molecule has 0 bridgehead atoms. The van der Waals surface area contributed by atoms with E-state index >= 15 is 0 Å². The van der Waals surface area contributed by atoms with E-state index in [2.05, 4.69) is 20.3 Å². The summed E-state index contributed by atoms with van der Waals surface area (Å²) >= 11 is 1.18. The first-order chi connectivity index (χ1) is 13.6. The molecule has 4 aromatic heterocycles. The van der Waals surface area contributed by atoms with Crippen LogP contribution in [0.2, 0.25) is 0 Å². The van der Waals surface area contributed by atoms with Gasteiger partial charge >= 0.3 is 0 Å². The van der Waals surface area contributed by atoms with Gasteiger partial charge in [0.15, 0.2) is 0 Å². The van der Waals surface area contributed by atoms with Gasteiger partial charge in [0.1, 0.15) is 11.4 Å². The van der Waals surface area contributed by atoms with Crippen LogP contribution in [0.4, 0.5) is 10.9 Å². The van der Waals surface area contributed by atoms with E-state index in [4.69, 9.17) is 9.94 Å². The number of ether oxygens (including phenoxy) is 1. The van der Waals surface area contributed by atoms with Crippen molar-refractivity contribution in [3.63, 3.8) is 0 Å². The number of carbonyl (C=O) groups excluding carboxylic acids is 1. The second kappa shape index (κ2) is 7.25. The highest BCUT2D eigenvalue weighted by Gasteiger charge is 2.14. The Hall–Kier alpha value is -3.50. The third-order valence-electron chi connectivity index (χ3n) is 4.07. The van der Waals surface area contributed by atoms with Gasteiger partial charge in [-0.2, -0.15) is 0 Å². The lowest BCUT2D eigenvalue weighted by Gasteiger charge is -2.06. The first kappa shape index (κ1) is 17.9. The Balaban J connectivity index is 1.67. The average molecular weight is 396 g/mol. The van der Waals surface area contributed by atoms with Gasteiger partial charge in [-0.3, -0.25) is 14.4 Å². The first-order valence-electron chi connectivity index (χ1n) is 8.26. The van der Waals surface area contributed by atoms with Gasteiger partial charge in [-0.15, -0.1) is 11.3 Å². The molecule has 10 heteroatoms. The van der Waals surface area contributed by atoms with Crippen LogP contribution in [0.5, 0.6) is 5.75 Å². The highest BCUT2D eigenvalue weighted by Crippen LogP contribution is 2.28. The smallest absolute Gasteiger partial charge is 0.284 e. The number of aromatic nitrogens is 4. The van der Waals surface area contributed by atoms with Crippen LogP contribution in [0, 0.1) is 6.92 Å². The molecule has 142 valence electrons. The van der Waals surface area contributed by atoms with E-state index in [-0.39, 0.29) is 0 Å². The minimum atomic E-state index is -0.565. The molecule has 28 heavy (non-hydrogen) atoms. The number of amides is 1. The molecule has 9 nitrogen and oxygen atoms in total. The Morgan fingerprint density at radius 1 is 1.25 bits per heavy atom. The summed E-state index contributed by atoms with van der Waals surface area (Å²) in [5.74, 6) is 0.553. The van der Waals surface area contributed by atoms with Crippen molar-refractivity contribution in [2.75, 3.05) is 12.4 Å². The van der Waals surface area contributed by atoms with Crippen molar-refractivity contribution in [3.05, 3.63) is 53.3 Å².